The second kappa shape index (κ2) is 5.72. The summed E-state index contributed by atoms with van der Waals surface area (Å²) in [5.41, 5.74) is 3.77. The first kappa shape index (κ1) is 12.7. The SMILES string of the molecule is [CH2]C(c1ccc(CC)cc1)c1cccc(OC)c1. The summed E-state index contributed by atoms with van der Waals surface area (Å²) in [5, 5.41) is 0. The van der Waals surface area contributed by atoms with E-state index in [0.717, 1.165) is 12.2 Å². The van der Waals surface area contributed by atoms with E-state index in [4.69, 9.17) is 4.74 Å². The van der Waals surface area contributed by atoms with Crippen LogP contribution in [0, 0.1) is 6.92 Å². The molecule has 1 heteroatoms. The Hall–Kier alpha value is -1.76. The van der Waals surface area contributed by atoms with Crippen molar-refractivity contribution in [3.05, 3.63) is 72.1 Å². The van der Waals surface area contributed by atoms with Crippen LogP contribution in [-0.4, -0.2) is 7.11 Å². The summed E-state index contributed by atoms with van der Waals surface area (Å²) >= 11 is 0. The average molecular weight is 239 g/mol. The van der Waals surface area contributed by atoms with Gasteiger partial charge < -0.3 is 4.74 Å². The molecule has 1 nitrogen and oxygen atoms in total. The fourth-order valence-electron chi connectivity index (χ4n) is 2.04. The van der Waals surface area contributed by atoms with Gasteiger partial charge >= 0.3 is 0 Å². The van der Waals surface area contributed by atoms with E-state index in [2.05, 4.69) is 44.2 Å². The van der Waals surface area contributed by atoms with Gasteiger partial charge in [0, 0.05) is 5.92 Å². The quantitative estimate of drug-likeness (QED) is 0.776. The Morgan fingerprint density at radius 3 is 2.39 bits per heavy atom. The molecule has 0 heterocycles. The van der Waals surface area contributed by atoms with Crippen LogP contribution in [0.1, 0.15) is 29.5 Å². The third kappa shape index (κ3) is 2.73. The largest absolute Gasteiger partial charge is 0.497 e. The molecular formula is C17H19O. The molecule has 1 atom stereocenters. The van der Waals surface area contributed by atoms with Crippen molar-refractivity contribution in [3.8, 4) is 5.75 Å². The van der Waals surface area contributed by atoms with Gasteiger partial charge in [0.1, 0.15) is 5.75 Å². The first-order chi connectivity index (χ1) is 8.74. The summed E-state index contributed by atoms with van der Waals surface area (Å²) in [6.07, 6.45) is 1.07. The highest BCUT2D eigenvalue weighted by Crippen LogP contribution is 2.26. The summed E-state index contributed by atoms with van der Waals surface area (Å²) in [7, 11) is 1.69. The molecule has 93 valence electrons. The zero-order valence-electron chi connectivity index (χ0n) is 11.0. The molecule has 0 saturated carbocycles. The molecule has 0 bridgehead atoms. The summed E-state index contributed by atoms with van der Waals surface area (Å²) in [6.45, 7) is 6.42. The van der Waals surface area contributed by atoms with E-state index in [-0.39, 0.29) is 5.92 Å². The molecule has 2 aromatic carbocycles. The first-order valence-corrected chi connectivity index (χ1v) is 6.30. The van der Waals surface area contributed by atoms with Gasteiger partial charge in [-0.2, -0.15) is 0 Å². The van der Waals surface area contributed by atoms with Gasteiger partial charge in [0.2, 0.25) is 0 Å². The standard InChI is InChI=1S/C17H19O/c1-4-14-8-10-15(11-9-14)13(2)16-6-5-7-17(12-16)18-3/h5-13H,2,4H2,1,3H3. The minimum absolute atomic E-state index is 0.144. The van der Waals surface area contributed by atoms with Gasteiger partial charge in [-0.1, -0.05) is 43.3 Å². The molecule has 0 saturated heterocycles. The molecule has 0 spiro atoms. The van der Waals surface area contributed by atoms with E-state index in [1.54, 1.807) is 7.11 Å². The van der Waals surface area contributed by atoms with Gasteiger partial charge in [-0.05, 0) is 42.2 Å². The number of hydrogen-bond donors (Lipinski definition) is 0. The van der Waals surface area contributed by atoms with E-state index in [1.807, 2.05) is 18.2 Å². The Balaban J connectivity index is 2.25. The van der Waals surface area contributed by atoms with Crippen molar-refractivity contribution in [3.63, 3.8) is 0 Å². The summed E-state index contributed by atoms with van der Waals surface area (Å²) < 4.78 is 5.25. The molecule has 0 aliphatic rings. The van der Waals surface area contributed by atoms with Gasteiger partial charge in [0.05, 0.1) is 7.11 Å². The Kier molecular flexibility index (Phi) is 4.03. The van der Waals surface area contributed by atoms with Crippen LogP contribution in [0.2, 0.25) is 0 Å². The van der Waals surface area contributed by atoms with Gasteiger partial charge in [0.25, 0.3) is 0 Å². The van der Waals surface area contributed by atoms with Gasteiger partial charge in [-0.3, -0.25) is 0 Å². The lowest BCUT2D eigenvalue weighted by Crippen LogP contribution is -1.97. The third-order valence-corrected chi connectivity index (χ3v) is 3.29. The molecule has 0 amide bonds. The monoisotopic (exact) mass is 239 g/mol. The Bertz CT molecular complexity index is 499. The lowest BCUT2D eigenvalue weighted by atomic mass is 9.92. The Labute approximate surface area is 109 Å². The summed E-state index contributed by atoms with van der Waals surface area (Å²) in [4.78, 5) is 0. The van der Waals surface area contributed by atoms with Crippen LogP contribution in [0.4, 0.5) is 0 Å². The smallest absolute Gasteiger partial charge is 0.119 e. The van der Waals surface area contributed by atoms with Crippen LogP contribution in [-0.2, 0) is 6.42 Å². The van der Waals surface area contributed by atoms with Crippen molar-refractivity contribution in [1.29, 1.82) is 0 Å². The second-order valence-corrected chi connectivity index (χ2v) is 4.42. The maximum atomic E-state index is 5.25. The van der Waals surface area contributed by atoms with Crippen LogP contribution in [0.25, 0.3) is 0 Å². The van der Waals surface area contributed by atoms with E-state index in [1.165, 1.54) is 16.7 Å². The van der Waals surface area contributed by atoms with Crippen LogP contribution >= 0.6 is 0 Å². The summed E-state index contributed by atoms with van der Waals surface area (Å²) in [6, 6.07) is 16.8. The highest BCUT2D eigenvalue weighted by Gasteiger charge is 2.09. The van der Waals surface area contributed by atoms with Crippen molar-refractivity contribution < 1.29 is 4.74 Å². The molecule has 2 aromatic rings. The minimum atomic E-state index is 0.144. The molecule has 1 radical (unpaired) electrons. The maximum Gasteiger partial charge on any atom is 0.119 e. The Morgan fingerprint density at radius 2 is 1.78 bits per heavy atom. The topological polar surface area (TPSA) is 9.23 Å². The molecule has 1 unspecified atom stereocenters. The van der Waals surface area contributed by atoms with Gasteiger partial charge in [-0.15, -0.1) is 0 Å². The fraction of sp³-hybridized carbons (Fsp3) is 0.235. The normalized spacial score (nSPS) is 12.2. The number of ether oxygens (including phenoxy) is 1. The van der Waals surface area contributed by atoms with E-state index >= 15 is 0 Å². The lowest BCUT2D eigenvalue weighted by molar-refractivity contribution is 0.414. The van der Waals surface area contributed by atoms with Crippen molar-refractivity contribution in [2.75, 3.05) is 7.11 Å². The van der Waals surface area contributed by atoms with E-state index < -0.39 is 0 Å². The van der Waals surface area contributed by atoms with E-state index in [0.29, 0.717) is 0 Å². The van der Waals surface area contributed by atoms with Crippen molar-refractivity contribution in [2.45, 2.75) is 19.3 Å². The second-order valence-electron chi connectivity index (χ2n) is 4.42. The number of hydrogen-bond acceptors (Lipinski definition) is 1. The predicted octanol–water partition coefficient (Wildman–Crippen LogP) is 4.22. The van der Waals surface area contributed by atoms with Crippen LogP contribution in [0.15, 0.2) is 48.5 Å². The average Bonchev–Trinajstić information content (AvgIpc) is 2.46. The van der Waals surface area contributed by atoms with Crippen LogP contribution in [0.5, 0.6) is 5.75 Å². The number of methoxy groups -OCH3 is 1. The van der Waals surface area contributed by atoms with Crippen LogP contribution < -0.4 is 4.74 Å². The zero-order valence-corrected chi connectivity index (χ0v) is 11.0. The molecule has 0 aliphatic carbocycles. The fourth-order valence-corrected chi connectivity index (χ4v) is 2.04. The third-order valence-electron chi connectivity index (χ3n) is 3.29. The van der Waals surface area contributed by atoms with Gasteiger partial charge in [0.15, 0.2) is 0 Å². The molecule has 18 heavy (non-hydrogen) atoms. The first-order valence-electron chi connectivity index (χ1n) is 6.30. The van der Waals surface area contributed by atoms with E-state index in [9.17, 15) is 0 Å². The Morgan fingerprint density at radius 1 is 1.06 bits per heavy atom. The zero-order chi connectivity index (χ0) is 13.0. The molecule has 0 fully saturated rings. The summed E-state index contributed by atoms with van der Waals surface area (Å²) in [5.74, 6) is 1.03. The highest BCUT2D eigenvalue weighted by molar-refractivity contribution is 5.38. The number of aryl methyl sites for hydroxylation is 1. The van der Waals surface area contributed by atoms with Crippen molar-refractivity contribution in [2.24, 2.45) is 0 Å². The molecule has 0 aliphatic heterocycles. The highest BCUT2D eigenvalue weighted by atomic mass is 16.5. The number of benzene rings is 2. The number of rotatable bonds is 4. The molecule has 2 rings (SSSR count). The maximum absolute atomic E-state index is 5.25. The molecule has 0 N–H and O–H groups in total. The van der Waals surface area contributed by atoms with Crippen molar-refractivity contribution >= 4 is 0 Å². The predicted molar refractivity (Wildman–Crippen MR) is 76.0 cm³/mol. The molecular weight excluding hydrogens is 220 g/mol. The lowest BCUT2D eigenvalue weighted by Gasteiger charge is -2.13. The van der Waals surface area contributed by atoms with Gasteiger partial charge in [-0.25, -0.2) is 0 Å². The van der Waals surface area contributed by atoms with Crippen LogP contribution in [0.3, 0.4) is 0 Å². The van der Waals surface area contributed by atoms with Crippen molar-refractivity contribution in [1.82, 2.24) is 0 Å². The molecule has 0 aromatic heterocycles. The minimum Gasteiger partial charge on any atom is -0.497 e.